The van der Waals surface area contributed by atoms with Gasteiger partial charge in [-0.3, -0.25) is 0 Å². The molecule has 2 aromatic rings. The molecule has 1 aromatic heterocycles. The van der Waals surface area contributed by atoms with Crippen molar-refractivity contribution in [3.63, 3.8) is 0 Å². The van der Waals surface area contributed by atoms with Gasteiger partial charge < -0.3 is 5.32 Å². The number of aryl methyl sites for hydroxylation is 1. The molecule has 1 aromatic carbocycles. The third-order valence-corrected chi connectivity index (χ3v) is 4.62. The van der Waals surface area contributed by atoms with Gasteiger partial charge in [-0.25, -0.2) is 4.39 Å². The van der Waals surface area contributed by atoms with Gasteiger partial charge in [0.15, 0.2) is 0 Å². The second-order valence-corrected chi connectivity index (χ2v) is 6.58. The number of hydrogen-bond acceptors (Lipinski definition) is 2. The van der Waals surface area contributed by atoms with E-state index in [2.05, 4.69) is 32.2 Å². The first-order chi connectivity index (χ1) is 9.52. The van der Waals surface area contributed by atoms with Crippen LogP contribution in [0.15, 0.2) is 30.3 Å². The van der Waals surface area contributed by atoms with Crippen molar-refractivity contribution in [3.8, 4) is 10.4 Å². The fraction of sp³-hybridized carbons (Fsp3) is 0.412. The molecule has 0 fully saturated rings. The van der Waals surface area contributed by atoms with Gasteiger partial charge in [-0.15, -0.1) is 11.3 Å². The topological polar surface area (TPSA) is 12.0 Å². The molecular formula is C17H22FNS. The zero-order chi connectivity index (χ0) is 14.7. The number of thiophene rings is 1. The average Bonchev–Trinajstić information content (AvgIpc) is 2.84. The monoisotopic (exact) mass is 291 g/mol. The molecule has 0 saturated carbocycles. The smallest absolute Gasteiger partial charge is 0.132 e. The largest absolute Gasteiger partial charge is 0.309 e. The van der Waals surface area contributed by atoms with Gasteiger partial charge in [0.1, 0.15) is 5.82 Å². The van der Waals surface area contributed by atoms with E-state index in [4.69, 9.17) is 0 Å². The number of nitrogens with one attached hydrogen (secondary N) is 1. The molecule has 108 valence electrons. The Morgan fingerprint density at radius 2 is 1.95 bits per heavy atom. The molecule has 1 N–H and O–H groups in total. The van der Waals surface area contributed by atoms with E-state index in [-0.39, 0.29) is 5.82 Å². The van der Waals surface area contributed by atoms with Gasteiger partial charge in [0.25, 0.3) is 0 Å². The molecule has 1 unspecified atom stereocenters. The van der Waals surface area contributed by atoms with Crippen LogP contribution in [0.2, 0.25) is 0 Å². The van der Waals surface area contributed by atoms with Gasteiger partial charge in [-0.2, -0.15) is 0 Å². The lowest BCUT2D eigenvalue weighted by molar-refractivity contribution is 0.428. The number of rotatable bonds is 5. The van der Waals surface area contributed by atoms with Crippen LogP contribution in [-0.4, -0.2) is 6.54 Å². The highest BCUT2D eigenvalue weighted by Crippen LogP contribution is 2.35. The Morgan fingerprint density at radius 3 is 2.55 bits per heavy atom. The molecule has 0 radical (unpaired) electrons. The number of benzene rings is 1. The van der Waals surface area contributed by atoms with Crippen LogP contribution in [0.25, 0.3) is 10.4 Å². The molecule has 0 saturated heterocycles. The maximum atomic E-state index is 14.0. The first-order valence-electron chi connectivity index (χ1n) is 7.12. The van der Waals surface area contributed by atoms with Crippen molar-refractivity contribution in [1.29, 1.82) is 0 Å². The van der Waals surface area contributed by atoms with Crippen LogP contribution < -0.4 is 5.32 Å². The van der Waals surface area contributed by atoms with Gasteiger partial charge >= 0.3 is 0 Å². The summed E-state index contributed by atoms with van der Waals surface area (Å²) in [6.45, 7) is 9.38. The van der Waals surface area contributed by atoms with Crippen LogP contribution in [0.3, 0.4) is 0 Å². The maximum absolute atomic E-state index is 14.0. The highest BCUT2D eigenvalue weighted by atomic mass is 32.1. The molecular weight excluding hydrogens is 269 g/mol. The molecule has 3 heteroatoms. The zero-order valence-electron chi connectivity index (χ0n) is 12.5. The van der Waals surface area contributed by atoms with E-state index in [1.165, 1.54) is 4.88 Å². The summed E-state index contributed by atoms with van der Waals surface area (Å²) in [4.78, 5) is 2.28. The second kappa shape index (κ2) is 6.51. The van der Waals surface area contributed by atoms with E-state index >= 15 is 0 Å². The van der Waals surface area contributed by atoms with Gasteiger partial charge in [0.2, 0.25) is 0 Å². The number of hydrogen-bond donors (Lipinski definition) is 1. The molecule has 0 spiro atoms. The molecule has 0 amide bonds. The van der Waals surface area contributed by atoms with E-state index in [1.807, 2.05) is 25.1 Å². The Hall–Kier alpha value is -1.19. The van der Waals surface area contributed by atoms with Crippen LogP contribution in [0.1, 0.15) is 37.3 Å². The average molecular weight is 291 g/mol. The fourth-order valence-electron chi connectivity index (χ4n) is 2.37. The normalized spacial score (nSPS) is 12.9. The predicted octanol–water partition coefficient (Wildman–Crippen LogP) is 5.17. The molecule has 1 nitrogen and oxygen atoms in total. The fourth-order valence-corrected chi connectivity index (χ4v) is 3.65. The summed E-state index contributed by atoms with van der Waals surface area (Å²) in [5.41, 5.74) is 1.65. The standard InChI is InChI=1S/C17H22FNS/c1-5-19-17(11(2)3)16-9-8-15(20-16)13-7-6-12(4)10-14(13)18/h6-11,17,19H,5H2,1-4H3. The lowest BCUT2D eigenvalue weighted by Crippen LogP contribution is -2.24. The van der Waals surface area contributed by atoms with Crippen molar-refractivity contribution in [2.45, 2.75) is 33.7 Å². The van der Waals surface area contributed by atoms with Crippen molar-refractivity contribution >= 4 is 11.3 Å². The first-order valence-corrected chi connectivity index (χ1v) is 7.94. The lowest BCUT2D eigenvalue weighted by atomic mass is 10.0. The quantitative estimate of drug-likeness (QED) is 0.801. The third kappa shape index (κ3) is 3.28. The predicted molar refractivity (Wildman–Crippen MR) is 85.7 cm³/mol. The summed E-state index contributed by atoms with van der Waals surface area (Å²) in [6.07, 6.45) is 0. The maximum Gasteiger partial charge on any atom is 0.132 e. The summed E-state index contributed by atoms with van der Waals surface area (Å²) in [5.74, 6) is 0.382. The van der Waals surface area contributed by atoms with Crippen molar-refractivity contribution in [2.24, 2.45) is 5.92 Å². The Labute approximate surface area is 124 Å². The van der Waals surface area contributed by atoms with Gasteiger partial charge in [-0.05, 0) is 43.1 Å². The van der Waals surface area contributed by atoms with Crippen molar-refractivity contribution in [2.75, 3.05) is 6.54 Å². The highest BCUT2D eigenvalue weighted by Gasteiger charge is 2.17. The Balaban J connectivity index is 2.32. The van der Waals surface area contributed by atoms with E-state index < -0.39 is 0 Å². The summed E-state index contributed by atoms with van der Waals surface area (Å²) < 4.78 is 14.0. The Bertz CT molecular complexity index is 574. The van der Waals surface area contributed by atoms with E-state index in [0.29, 0.717) is 17.5 Å². The third-order valence-electron chi connectivity index (χ3n) is 3.41. The lowest BCUT2D eigenvalue weighted by Gasteiger charge is -2.20. The molecule has 0 aliphatic carbocycles. The number of halogens is 1. The molecule has 1 atom stereocenters. The van der Waals surface area contributed by atoms with Crippen LogP contribution >= 0.6 is 11.3 Å². The van der Waals surface area contributed by atoms with Gasteiger partial charge in [0.05, 0.1) is 0 Å². The zero-order valence-corrected chi connectivity index (χ0v) is 13.4. The summed E-state index contributed by atoms with van der Waals surface area (Å²) in [6, 6.07) is 9.92. The van der Waals surface area contributed by atoms with Crippen molar-refractivity contribution in [3.05, 3.63) is 46.6 Å². The molecule has 0 aliphatic rings. The Morgan fingerprint density at radius 1 is 1.20 bits per heavy atom. The minimum Gasteiger partial charge on any atom is -0.309 e. The van der Waals surface area contributed by atoms with E-state index in [0.717, 1.165) is 17.0 Å². The van der Waals surface area contributed by atoms with Crippen LogP contribution in [0, 0.1) is 18.7 Å². The van der Waals surface area contributed by atoms with E-state index in [1.54, 1.807) is 17.4 Å². The van der Waals surface area contributed by atoms with Crippen LogP contribution in [-0.2, 0) is 0 Å². The minimum absolute atomic E-state index is 0.136. The van der Waals surface area contributed by atoms with Gasteiger partial charge in [-0.1, -0.05) is 32.9 Å². The Kier molecular flexibility index (Phi) is 4.95. The summed E-state index contributed by atoms with van der Waals surface area (Å²) >= 11 is 1.68. The SMILES string of the molecule is CCNC(c1ccc(-c2ccc(C)cc2F)s1)C(C)C. The molecule has 0 bridgehead atoms. The molecule has 2 rings (SSSR count). The van der Waals surface area contributed by atoms with Crippen LogP contribution in [0.5, 0.6) is 0 Å². The van der Waals surface area contributed by atoms with Crippen molar-refractivity contribution in [1.82, 2.24) is 5.32 Å². The summed E-state index contributed by atoms with van der Waals surface area (Å²) in [5, 5.41) is 3.50. The molecule has 20 heavy (non-hydrogen) atoms. The van der Waals surface area contributed by atoms with Crippen LogP contribution in [0.4, 0.5) is 4.39 Å². The second-order valence-electron chi connectivity index (χ2n) is 5.46. The minimum atomic E-state index is -0.136. The summed E-state index contributed by atoms with van der Waals surface area (Å²) in [7, 11) is 0. The highest BCUT2D eigenvalue weighted by molar-refractivity contribution is 7.15. The molecule has 1 heterocycles. The van der Waals surface area contributed by atoms with Gasteiger partial charge in [0, 0.05) is 21.4 Å². The first kappa shape index (κ1) is 15.2. The molecule has 0 aliphatic heterocycles. The van der Waals surface area contributed by atoms with E-state index in [9.17, 15) is 4.39 Å². The van der Waals surface area contributed by atoms with Crippen molar-refractivity contribution < 1.29 is 4.39 Å².